The lowest BCUT2D eigenvalue weighted by Crippen LogP contribution is -2.59. The molecule has 0 aromatic heterocycles. The summed E-state index contributed by atoms with van der Waals surface area (Å²) in [6.07, 6.45) is -9.96. The molecule has 1 fully saturated rings. The first-order valence-electron chi connectivity index (χ1n) is 35.2. The summed E-state index contributed by atoms with van der Waals surface area (Å²) < 4.78 is 21.6. The lowest BCUT2D eigenvalue weighted by Gasteiger charge is -2.28. The van der Waals surface area contributed by atoms with E-state index in [9.17, 15) is 63.0 Å². The molecule has 1 aliphatic rings. The average Bonchev–Trinajstić information content (AvgIpc) is 1.14. The third kappa shape index (κ3) is 37.3. The van der Waals surface area contributed by atoms with E-state index in [0.717, 1.165) is 6.92 Å². The molecule has 2 unspecified atom stereocenters. The second kappa shape index (κ2) is 42.8. The molecule has 103 heavy (non-hydrogen) atoms. The Balaban J connectivity index is 3.09. The van der Waals surface area contributed by atoms with Gasteiger partial charge in [-0.3, -0.25) is 47.9 Å². The molecule has 2 rings (SSSR count). The molecule has 12 amide bonds. The average molecular weight is 1460 g/mol. The fourth-order valence-electron chi connectivity index (χ4n) is 10.3. The SMILES string of the molecule is CCC[C@H](N)C(=O)N[C@H](C(=O)N[C@@H](CCNC(=O)OC(C)(C)C)C(=O)C[C@H]1CCNC(=O)[C@H](C(C)O)NC(=O)[C@H](CCNC(=O)OC(C)(C)C)CC(=O)[C@H](CCNC(=O)OC(C)(C)C)NC(=O)[C@H](CC(C)C)NC(=O)[C@@H](Cc2ccccc2)NC(=O)[C@H](CCNC(=O)OC(C)(C)C)NC1=O)C(C)O. The molecule has 0 radical (unpaired) electrons. The summed E-state index contributed by atoms with van der Waals surface area (Å²) in [6, 6.07) is -4.14. The molecule has 0 aliphatic carbocycles. The number of ether oxygens (including phenoxy) is 4. The number of Topliss-reactive ketones (excluding diaryl/α,β-unsaturated/α-hetero) is 2. The summed E-state index contributed by atoms with van der Waals surface area (Å²) in [4.78, 5) is 198. The number of nitrogens with one attached hydrogen (secondary N) is 12. The molecular formula is C70H117N13O20. The van der Waals surface area contributed by atoms with Crippen molar-refractivity contribution >= 4 is 83.2 Å². The van der Waals surface area contributed by atoms with Gasteiger partial charge in [0.2, 0.25) is 47.3 Å². The van der Waals surface area contributed by atoms with E-state index < -0.39 is 217 Å². The highest BCUT2D eigenvalue weighted by molar-refractivity contribution is 5.99. The number of nitrogens with two attached hydrogens (primary N) is 1. The molecule has 1 aliphatic heterocycles. The van der Waals surface area contributed by atoms with E-state index in [1.54, 1.807) is 134 Å². The zero-order valence-corrected chi connectivity index (χ0v) is 63.0. The quantitative estimate of drug-likeness (QED) is 0.0559. The number of amides is 12. The topological polar surface area (TPSA) is 487 Å². The fourth-order valence-corrected chi connectivity index (χ4v) is 10.3. The Kier molecular flexibility index (Phi) is 37.5. The second-order valence-electron chi connectivity index (χ2n) is 30.2. The van der Waals surface area contributed by atoms with Crippen molar-refractivity contribution in [3.8, 4) is 0 Å². The van der Waals surface area contributed by atoms with Gasteiger partial charge in [-0.2, -0.15) is 0 Å². The van der Waals surface area contributed by atoms with Gasteiger partial charge in [-0.25, -0.2) is 19.2 Å². The Morgan fingerprint density at radius 1 is 0.534 bits per heavy atom. The number of carbonyl (C=O) groups excluding carboxylic acids is 14. The van der Waals surface area contributed by atoms with Gasteiger partial charge in [-0.1, -0.05) is 57.5 Å². The van der Waals surface area contributed by atoms with Crippen molar-refractivity contribution in [2.24, 2.45) is 23.5 Å². The lowest BCUT2D eigenvalue weighted by molar-refractivity contribution is -0.136. The van der Waals surface area contributed by atoms with Gasteiger partial charge in [0.25, 0.3) is 0 Å². The number of hydrogen-bond donors (Lipinski definition) is 15. The van der Waals surface area contributed by atoms with Crippen LogP contribution in [0.2, 0.25) is 0 Å². The minimum Gasteiger partial charge on any atom is -0.444 e. The summed E-state index contributed by atoms with van der Waals surface area (Å²) in [5, 5.41) is 52.9. The number of aliphatic hydroxyl groups is 2. The Labute approximate surface area is 604 Å². The van der Waals surface area contributed by atoms with Gasteiger partial charge in [-0.15, -0.1) is 0 Å². The van der Waals surface area contributed by atoms with Crippen molar-refractivity contribution < 1.29 is 96.3 Å². The highest BCUT2D eigenvalue weighted by atomic mass is 16.6. The van der Waals surface area contributed by atoms with Crippen LogP contribution >= 0.6 is 0 Å². The number of carbonyl (C=O) groups is 14. The van der Waals surface area contributed by atoms with Crippen LogP contribution < -0.4 is 69.5 Å². The van der Waals surface area contributed by atoms with E-state index in [1.807, 2.05) is 0 Å². The molecule has 1 aromatic carbocycles. The zero-order valence-electron chi connectivity index (χ0n) is 63.0. The summed E-state index contributed by atoms with van der Waals surface area (Å²) in [5.41, 5.74) is 2.70. The van der Waals surface area contributed by atoms with Crippen LogP contribution in [0.25, 0.3) is 0 Å². The van der Waals surface area contributed by atoms with Gasteiger partial charge < -0.3 is 98.7 Å². The summed E-state index contributed by atoms with van der Waals surface area (Å²) >= 11 is 0. The third-order valence-electron chi connectivity index (χ3n) is 15.3. The minimum atomic E-state index is -1.82. The standard InChI is InChI=1S/C70H117N13O20/c1-18-22-45(71)57(90)83-54(41(5)85)62(95)78-47(28-33-75-65(98)102-69(12,13)14)52(87)37-43-25-30-72-61(94)53(40(4)84)82-56(89)44(26-31-73-63(96)100-67(6,7)8)38-51(86)46(27-32-74-64(97)101-68(9,10)11)77-59(92)49(35-39(2)3)80-60(93)50(36-42-23-20-19-21-24-42)81-58(91)48(79-55(43)88)29-34-76-66(99)103-70(15,16)17/h19-21,23-24,39-41,43-50,53-54,84-85H,18,22,25-38,71H2,1-17H3,(H,72,94)(H,73,96)(H,74,97)(H,75,98)(H,76,99)(H,77,92)(H,78,95)(H,79,88)(H,80,93)(H,81,91)(H,82,89)(H,83,90)/t40?,41?,43-,44-,45+,46+,47+,48+,49+,50-,53+,54+/m1/s1. The maximum atomic E-state index is 15.2. The van der Waals surface area contributed by atoms with Crippen LogP contribution in [0.15, 0.2) is 30.3 Å². The van der Waals surface area contributed by atoms with Crippen LogP contribution in [0, 0.1) is 17.8 Å². The van der Waals surface area contributed by atoms with Crippen LogP contribution in [-0.2, 0) is 73.3 Å². The van der Waals surface area contributed by atoms with E-state index in [1.165, 1.54) is 6.92 Å². The molecule has 0 spiro atoms. The maximum Gasteiger partial charge on any atom is 0.407 e. The second-order valence-corrected chi connectivity index (χ2v) is 30.2. The van der Waals surface area contributed by atoms with Crippen LogP contribution in [-0.4, -0.2) is 209 Å². The van der Waals surface area contributed by atoms with Crippen molar-refractivity contribution in [2.45, 2.75) is 271 Å². The van der Waals surface area contributed by atoms with Gasteiger partial charge in [0.1, 0.15) is 52.6 Å². The smallest absolute Gasteiger partial charge is 0.407 e. The molecule has 1 heterocycles. The van der Waals surface area contributed by atoms with E-state index in [0.29, 0.717) is 12.0 Å². The van der Waals surface area contributed by atoms with Crippen molar-refractivity contribution in [3.05, 3.63) is 35.9 Å². The van der Waals surface area contributed by atoms with E-state index >= 15 is 14.4 Å². The molecule has 16 N–H and O–H groups in total. The first kappa shape index (κ1) is 90.4. The van der Waals surface area contributed by atoms with Crippen molar-refractivity contribution in [3.63, 3.8) is 0 Å². The third-order valence-corrected chi connectivity index (χ3v) is 15.3. The number of hydrogen-bond acceptors (Lipinski definition) is 21. The monoisotopic (exact) mass is 1460 g/mol. The fraction of sp³-hybridized carbons (Fsp3) is 0.714. The van der Waals surface area contributed by atoms with Crippen LogP contribution in [0.1, 0.15) is 187 Å². The Morgan fingerprint density at radius 2 is 0.981 bits per heavy atom. The van der Waals surface area contributed by atoms with E-state index in [4.69, 9.17) is 24.7 Å². The van der Waals surface area contributed by atoms with Crippen LogP contribution in [0.5, 0.6) is 0 Å². The lowest BCUT2D eigenvalue weighted by atomic mass is 9.92. The number of aliphatic hydroxyl groups excluding tert-OH is 2. The highest BCUT2D eigenvalue weighted by Crippen LogP contribution is 2.20. The largest absolute Gasteiger partial charge is 0.444 e. The Hall–Kier alpha value is -8.72. The molecule has 582 valence electrons. The van der Waals surface area contributed by atoms with Gasteiger partial charge in [0, 0.05) is 63.8 Å². The van der Waals surface area contributed by atoms with Gasteiger partial charge >= 0.3 is 24.4 Å². The van der Waals surface area contributed by atoms with Gasteiger partial charge in [0.05, 0.1) is 30.3 Å². The number of alkyl carbamates (subject to hydrolysis) is 4. The molecule has 0 bridgehead atoms. The van der Waals surface area contributed by atoms with E-state index in [-0.39, 0.29) is 64.2 Å². The highest BCUT2D eigenvalue weighted by Gasteiger charge is 2.39. The number of benzene rings is 1. The molecular weight excluding hydrogens is 1340 g/mol. The van der Waals surface area contributed by atoms with Crippen LogP contribution in [0.3, 0.4) is 0 Å². The van der Waals surface area contributed by atoms with Crippen LogP contribution in [0.4, 0.5) is 19.2 Å². The number of ketones is 2. The summed E-state index contributed by atoms with van der Waals surface area (Å²) in [5.74, 6) is -13.0. The van der Waals surface area contributed by atoms with Crippen molar-refractivity contribution in [1.29, 1.82) is 0 Å². The first-order valence-corrected chi connectivity index (χ1v) is 35.2. The predicted molar refractivity (Wildman–Crippen MR) is 379 cm³/mol. The Morgan fingerprint density at radius 3 is 1.47 bits per heavy atom. The summed E-state index contributed by atoms with van der Waals surface area (Å²) in [6.45, 7) is 25.1. The number of rotatable bonds is 27. The summed E-state index contributed by atoms with van der Waals surface area (Å²) in [7, 11) is 0. The molecule has 33 heteroatoms. The predicted octanol–water partition coefficient (Wildman–Crippen LogP) is 1.89. The van der Waals surface area contributed by atoms with Crippen molar-refractivity contribution in [1.82, 2.24) is 63.8 Å². The van der Waals surface area contributed by atoms with E-state index in [2.05, 4.69) is 63.8 Å². The van der Waals surface area contributed by atoms with Gasteiger partial charge in [-0.05, 0) is 153 Å². The van der Waals surface area contributed by atoms with Gasteiger partial charge in [0.15, 0.2) is 11.6 Å². The molecule has 1 aromatic rings. The Bertz CT molecular complexity index is 3010. The molecule has 0 saturated carbocycles. The first-order chi connectivity index (χ1) is 47.7. The zero-order chi connectivity index (χ0) is 78.3. The molecule has 33 nitrogen and oxygen atoms in total. The normalized spacial score (nSPS) is 21.1. The maximum absolute atomic E-state index is 15.2. The molecule has 12 atom stereocenters. The minimum absolute atomic E-state index is 0.0732. The van der Waals surface area contributed by atoms with Crippen molar-refractivity contribution in [2.75, 3.05) is 32.7 Å². The molecule has 1 saturated heterocycles.